The molecule has 2 nitrogen and oxygen atoms in total. The molecule has 1 heterocycles. The molecule has 0 unspecified atom stereocenters. The summed E-state index contributed by atoms with van der Waals surface area (Å²) in [5.74, 6) is 0. The first kappa shape index (κ1) is 14.7. The van der Waals surface area contributed by atoms with E-state index in [4.69, 9.17) is 0 Å². The van der Waals surface area contributed by atoms with Crippen molar-refractivity contribution in [2.24, 2.45) is 0 Å². The molecule has 106 valence electrons. The highest BCUT2D eigenvalue weighted by atomic mass is 14.9. The van der Waals surface area contributed by atoms with E-state index in [1.165, 1.54) is 36.8 Å². The summed E-state index contributed by atoms with van der Waals surface area (Å²) < 4.78 is 0. The quantitative estimate of drug-likeness (QED) is 0.713. The summed E-state index contributed by atoms with van der Waals surface area (Å²) in [4.78, 5) is 4.17. The third-order valence-corrected chi connectivity index (χ3v) is 3.57. The summed E-state index contributed by atoms with van der Waals surface area (Å²) in [6.07, 6.45) is 8.79. The lowest BCUT2D eigenvalue weighted by molar-refractivity contribution is 0.473. The summed E-state index contributed by atoms with van der Waals surface area (Å²) in [7, 11) is 0. The van der Waals surface area contributed by atoms with E-state index in [9.17, 15) is 0 Å². The number of rotatable bonds is 8. The fourth-order valence-electron chi connectivity index (χ4n) is 2.41. The maximum Gasteiger partial charge on any atom is 0.0323 e. The lowest BCUT2D eigenvalue weighted by Crippen LogP contribution is -2.21. The highest BCUT2D eigenvalue weighted by molar-refractivity contribution is 5.19. The Balaban J connectivity index is 1.95. The van der Waals surface area contributed by atoms with Crippen LogP contribution in [0.5, 0.6) is 0 Å². The van der Waals surface area contributed by atoms with Crippen molar-refractivity contribution in [1.82, 2.24) is 10.3 Å². The van der Waals surface area contributed by atoms with Gasteiger partial charge in [-0.3, -0.25) is 4.98 Å². The highest BCUT2D eigenvalue weighted by Gasteiger charge is 2.10. The summed E-state index contributed by atoms with van der Waals surface area (Å²) in [5, 5.41) is 3.67. The molecular formula is C18H24N2. The molecule has 0 aliphatic heterocycles. The van der Waals surface area contributed by atoms with Crippen molar-refractivity contribution in [2.45, 2.75) is 45.2 Å². The average molecular weight is 268 g/mol. The van der Waals surface area contributed by atoms with Gasteiger partial charge in [0.15, 0.2) is 0 Å². The minimum atomic E-state index is 0.433. The molecule has 0 fully saturated rings. The average Bonchev–Trinajstić information content (AvgIpc) is 2.52. The van der Waals surface area contributed by atoms with Crippen LogP contribution in [0.2, 0.25) is 0 Å². The Morgan fingerprint density at radius 2 is 1.90 bits per heavy atom. The van der Waals surface area contributed by atoms with Crippen LogP contribution in [0.15, 0.2) is 54.9 Å². The first-order chi connectivity index (χ1) is 9.90. The Bertz CT molecular complexity index is 467. The maximum atomic E-state index is 4.17. The van der Waals surface area contributed by atoms with Gasteiger partial charge in [0.2, 0.25) is 0 Å². The smallest absolute Gasteiger partial charge is 0.0323 e. The molecule has 1 N–H and O–H groups in total. The van der Waals surface area contributed by atoms with Crippen LogP contribution >= 0.6 is 0 Å². The topological polar surface area (TPSA) is 24.9 Å². The molecule has 1 aromatic carbocycles. The van der Waals surface area contributed by atoms with E-state index in [1.54, 1.807) is 0 Å². The van der Waals surface area contributed by atoms with E-state index in [0.29, 0.717) is 6.04 Å². The zero-order valence-electron chi connectivity index (χ0n) is 12.3. The first-order valence-corrected chi connectivity index (χ1v) is 7.57. The van der Waals surface area contributed by atoms with Gasteiger partial charge in [-0.15, -0.1) is 0 Å². The van der Waals surface area contributed by atoms with E-state index in [1.807, 2.05) is 18.5 Å². The number of unbranched alkanes of at least 4 members (excludes halogenated alkanes) is 2. The van der Waals surface area contributed by atoms with E-state index in [0.717, 1.165) is 6.54 Å². The van der Waals surface area contributed by atoms with Crippen LogP contribution in [-0.2, 0) is 6.54 Å². The first-order valence-electron chi connectivity index (χ1n) is 7.57. The van der Waals surface area contributed by atoms with E-state index in [2.05, 4.69) is 53.6 Å². The van der Waals surface area contributed by atoms with Gasteiger partial charge in [-0.25, -0.2) is 0 Å². The molecule has 0 bridgehead atoms. The van der Waals surface area contributed by atoms with Crippen LogP contribution in [0.3, 0.4) is 0 Å². The Morgan fingerprint density at radius 1 is 1.05 bits per heavy atom. The van der Waals surface area contributed by atoms with Gasteiger partial charge < -0.3 is 5.32 Å². The molecule has 0 saturated heterocycles. The van der Waals surface area contributed by atoms with Crippen LogP contribution < -0.4 is 5.32 Å². The lowest BCUT2D eigenvalue weighted by atomic mass is 10.00. The Kier molecular flexibility index (Phi) is 6.25. The second kappa shape index (κ2) is 8.49. The Morgan fingerprint density at radius 3 is 2.60 bits per heavy atom. The molecule has 2 rings (SSSR count). The lowest BCUT2D eigenvalue weighted by Gasteiger charge is -2.19. The number of nitrogens with zero attached hydrogens (tertiary/aromatic N) is 1. The number of nitrogens with one attached hydrogen (secondary N) is 1. The van der Waals surface area contributed by atoms with Crippen molar-refractivity contribution in [3.05, 3.63) is 66.0 Å². The largest absolute Gasteiger partial charge is 0.306 e. The van der Waals surface area contributed by atoms with Crippen molar-refractivity contribution in [2.75, 3.05) is 0 Å². The predicted octanol–water partition coefficient (Wildman–Crippen LogP) is 4.49. The predicted molar refractivity (Wildman–Crippen MR) is 84.4 cm³/mol. The maximum absolute atomic E-state index is 4.17. The van der Waals surface area contributed by atoms with Crippen LogP contribution in [0, 0.1) is 0 Å². The number of hydrogen-bond acceptors (Lipinski definition) is 2. The summed E-state index contributed by atoms with van der Waals surface area (Å²) in [6.45, 7) is 3.13. The third-order valence-electron chi connectivity index (χ3n) is 3.57. The molecule has 0 radical (unpaired) electrons. The molecule has 2 aromatic rings. The van der Waals surface area contributed by atoms with Gasteiger partial charge in [-0.1, -0.05) is 62.6 Å². The second-order valence-electron chi connectivity index (χ2n) is 5.20. The number of pyridine rings is 1. The fraction of sp³-hybridized carbons (Fsp3) is 0.389. The molecule has 0 saturated carbocycles. The van der Waals surface area contributed by atoms with Crippen molar-refractivity contribution < 1.29 is 0 Å². The van der Waals surface area contributed by atoms with Gasteiger partial charge in [-0.2, -0.15) is 0 Å². The zero-order chi connectivity index (χ0) is 14.0. The summed E-state index contributed by atoms with van der Waals surface area (Å²) in [6, 6.07) is 15.3. The van der Waals surface area contributed by atoms with Crippen molar-refractivity contribution in [1.29, 1.82) is 0 Å². The van der Waals surface area contributed by atoms with Gasteiger partial charge in [0, 0.05) is 25.0 Å². The molecule has 0 aliphatic carbocycles. The van der Waals surface area contributed by atoms with Crippen LogP contribution in [0.4, 0.5) is 0 Å². The summed E-state index contributed by atoms with van der Waals surface area (Å²) in [5.41, 5.74) is 2.62. The van der Waals surface area contributed by atoms with E-state index in [-0.39, 0.29) is 0 Å². The minimum Gasteiger partial charge on any atom is -0.306 e. The van der Waals surface area contributed by atoms with Crippen LogP contribution in [-0.4, -0.2) is 4.98 Å². The summed E-state index contributed by atoms with van der Waals surface area (Å²) >= 11 is 0. The molecule has 2 heteroatoms. The van der Waals surface area contributed by atoms with E-state index >= 15 is 0 Å². The fourth-order valence-corrected chi connectivity index (χ4v) is 2.41. The zero-order valence-corrected chi connectivity index (χ0v) is 12.3. The monoisotopic (exact) mass is 268 g/mol. The van der Waals surface area contributed by atoms with Gasteiger partial charge in [-0.05, 0) is 23.6 Å². The Hall–Kier alpha value is -1.67. The molecule has 0 spiro atoms. The van der Waals surface area contributed by atoms with Gasteiger partial charge in [0.25, 0.3) is 0 Å². The molecule has 20 heavy (non-hydrogen) atoms. The molecule has 1 aromatic heterocycles. The van der Waals surface area contributed by atoms with Crippen molar-refractivity contribution >= 4 is 0 Å². The Labute approximate surface area is 122 Å². The molecule has 0 aliphatic rings. The number of aromatic nitrogens is 1. The molecule has 0 amide bonds. The minimum absolute atomic E-state index is 0.433. The number of hydrogen-bond donors (Lipinski definition) is 1. The van der Waals surface area contributed by atoms with Crippen molar-refractivity contribution in [3.8, 4) is 0 Å². The second-order valence-corrected chi connectivity index (χ2v) is 5.20. The van der Waals surface area contributed by atoms with Gasteiger partial charge in [0.1, 0.15) is 0 Å². The molecular weight excluding hydrogens is 244 g/mol. The van der Waals surface area contributed by atoms with Crippen LogP contribution in [0.25, 0.3) is 0 Å². The number of benzene rings is 1. The third kappa shape index (κ3) is 4.78. The SMILES string of the molecule is CCCCC[C@@H](NCc1cccnc1)c1ccccc1. The van der Waals surface area contributed by atoms with Crippen LogP contribution in [0.1, 0.15) is 49.8 Å². The molecule has 1 atom stereocenters. The van der Waals surface area contributed by atoms with E-state index < -0.39 is 0 Å². The normalized spacial score (nSPS) is 12.2. The van der Waals surface area contributed by atoms with Crippen molar-refractivity contribution in [3.63, 3.8) is 0 Å². The standard InChI is InChI=1S/C18H24N2/c1-2-3-5-12-18(17-10-6-4-7-11-17)20-15-16-9-8-13-19-14-16/h4,6-11,13-14,18,20H,2-3,5,12,15H2,1H3/t18-/m1/s1. The van der Waals surface area contributed by atoms with Gasteiger partial charge >= 0.3 is 0 Å². The van der Waals surface area contributed by atoms with Gasteiger partial charge in [0.05, 0.1) is 0 Å². The highest BCUT2D eigenvalue weighted by Crippen LogP contribution is 2.20.